The number of ether oxygens (including phenoxy) is 1. The monoisotopic (exact) mass is 425 g/mol. The molecule has 4 aromatic rings. The normalized spacial score (nSPS) is 11.0. The molecule has 0 amide bonds. The van der Waals surface area contributed by atoms with Crippen LogP contribution in [-0.2, 0) is 6.54 Å². The number of hydrogen-bond acceptors (Lipinski definition) is 1. The Morgan fingerprint density at radius 2 is 1.77 bits per heavy atom. The zero-order chi connectivity index (χ0) is 18.1. The highest BCUT2D eigenvalue weighted by Gasteiger charge is 2.17. The molecule has 0 saturated carbocycles. The van der Waals surface area contributed by atoms with Gasteiger partial charge in [-0.1, -0.05) is 63.9 Å². The van der Waals surface area contributed by atoms with Crippen LogP contribution < -0.4 is 4.74 Å². The van der Waals surface area contributed by atoms with Gasteiger partial charge in [-0.15, -0.1) is 0 Å². The fourth-order valence-electron chi connectivity index (χ4n) is 3.17. The Bertz CT molecular complexity index is 1070. The standard InChI is InChI=1S/C22H17BrClNO/c1-15-22(26-19-9-5-8-17(23)12-19)20-11-10-18(24)13-21(20)25(15)14-16-6-3-2-4-7-16/h2-13H,14H2,1H3. The lowest BCUT2D eigenvalue weighted by Crippen LogP contribution is -2.01. The molecule has 1 heterocycles. The van der Waals surface area contributed by atoms with Crippen molar-refractivity contribution in [3.8, 4) is 11.5 Å². The summed E-state index contributed by atoms with van der Waals surface area (Å²) in [6.45, 7) is 2.86. The number of halogens is 2. The summed E-state index contributed by atoms with van der Waals surface area (Å²) in [5.41, 5.74) is 3.39. The number of hydrogen-bond donors (Lipinski definition) is 0. The van der Waals surface area contributed by atoms with Crippen molar-refractivity contribution >= 4 is 38.4 Å². The number of benzene rings is 3. The summed E-state index contributed by atoms with van der Waals surface area (Å²) in [6, 6.07) is 24.2. The van der Waals surface area contributed by atoms with Gasteiger partial charge in [0.1, 0.15) is 5.75 Å². The van der Waals surface area contributed by atoms with Crippen LogP contribution in [0.5, 0.6) is 11.5 Å². The molecule has 0 aliphatic heterocycles. The van der Waals surface area contributed by atoms with E-state index in [0.29, 0.717) is 0 Å². The van der Waals surface area contributed by atoms with Gasteiger partial charge in [-0.2, -0.15) is 0 Å². The highest BCUT2D eigenvalue weighted by Crippen LogP contribution is 2.38. The molecule has 0 radical (unpaired) electrons. The van der Waals surface area contributed by atoms with E-state index >= 15 is 0 Å². The van der Waals surface area contributed by atoms with Crippen molar-refractivity contribution in [3.63, 3.8) is 0 Å². The second kappa shape index (κ2) is 7.18. The molecular weight excluding hydrogens is 410 g/mol. The average molecular weight is 427 g/mol. The van der Waals surface area contributed by atoms with Crippen LogP contribution in [0.3, 0.4) is 0 Å². The minimum Gasteiger partial charge on any atom is -0.455 e. The van der Waals surface area contributed by atoms with E-state index in [2.05, 4.69) is 51.7 Å². The molecular formula is C22H17BrClNO. The molecule has 3 aromatic carbocycles. The molecule has 2 nitrogen and oxygen atoms in total. The lowest BCUT2D eigenvalue weighted by Gasteiger charge is -2.10. The van der Waals surface area contributed by atoms with E-state index in [4.69, 9.17) is 16.3 Å². The minimum absolute atomic E-state index is 0.721. The molecule has 0 bridgehead atoms. The van der Waals surface area contributed by atoms with Crippen LogP contribution in [0.4, 0.5) is 0 Å². The Morgan fingerprint density at radius 1 is 0.962 bits per heavy atom. The van der Waals surface area contributed by atoms with Gasteiger partial charge in [-0.05, 0) is 48.9 Å². The van der Waals surface area contributed by atoms with Crippen LogP contribution in [0, 0.1) is 6.92 Å². The van der Waals surface area contributed by atoms with Crippen LogP contribution in [0.1, 0.15) is 11.3 Å². The number of nitrogens with zero attached hydrogens (tertiary/aromatic N) is 1. The Balaban J connectivity index is 1.84. The molecule has 0 saturated heterocycles. The van der Waals surface area contributed by atoms with Crippen LogP contribution in [0.2, 0.25) is 5.02 Å². The SMILES string of the molecule is Cc1c(Oc2cccc(Br)c2)c2ccc(Cl)cc2n1Cc1ccccc1. The first kappa shape index (κ1) is 17.2. The number of aromatic nitrogens is 1. The molecule has 1 aromatic heterocycles. The predicted molar refractivity (Wildman–Crippen MR) is 111 cm³/mol. The van der Waals surface area contributed by atoms with Crippen molar-refractivity contribution in [1.29, 1.82) is 0 Å². The second-order valence-corrected chi connectivity index (χ2v) is 7.56. The molecule has 26 heavy (non-hydrogen) atoms. The zero-order valence-electron chi connectivity index (χ0n) is 14.2. The van der Waals surface area contributed by atoms with E-state index in [9.17, 15) is 0 Å². The molecule has 0 atom stereocenters. The Hall–Kier alpha value is -2.23. The van der Waals surface area contributed by atoms with Gasteiger partial charge in [0.15, 0.2) is 5.75 Å². The van der Waals surface area contributed by atoms with Crippen molar-refractivity contribution in [2.24, 2.45) is 0 Å². The molecule has 0 aliphatic rings. The Labute approximate surface area is 166 Å². The maximum atomic E-state index is 6.28. The molecule has 0 unspecified atom stereocenters. The van der Waals surface area contributed by atoms with Crippen molar-refractivity contribution < 1.29 is 4.74 Å². The first-order valence-corrected chi connectivity index (χ1v) is 9.54. The highest BCUT2D eigenvalue weighted by molar-refractivity contribution is 9.10. The summed E-state index contributed by atoms with van der Waals surface area (Å²) in [5, 5.41) is 1.78. The molecule has 130 valence electrons. The Kier molecular flexibility index (Phi) is 4.75. The third-order valence-corrected chi connectivity index (χ3v) is 5.16. The van der Waals surface area contributed by atoms with Gasteiger partial charge in [0, 0.05) is 21.4 Å². The van der Waals surface area contributed by atoms with Gasteiger partial charge >= 0.3 is 0 Å². The van der Waals surface area contributed by atoms with Gasteiger partial charge in [0.25, 0.3) is 0 Å². The lowest BCUT2D eigenvalue weighted by atomic mass is 10.2. The molecule has 0 fully saturated rings. The van der Waals surface area contributed by atoms with Crippen molar-refractivity contribution in [3.05, 3.63) is 93.5 Å². The van der Waals surface area contributed by atoms with Gasteiger partial charge in [-0.3, -0.25) is 0 Å². The summed E-state index contributed by atoms with van der Waals surface area (Å²) in [6.07, 6.45) is 0. The quantitative estimate of drug-likeness (QED) is 0.336. The summed E-state index contributed by atoms with van der Waals surface area (Å²) < 4.78 is 9.51. The molecule has 0 aliphatic carbocycles. The van der Waals surface area contributed by atoms with Crippen LogP contribution in [0.25, 0.3) is 10.9 Å². The van der Waals surface area contributed by atoms with E-state index < -0.39 is 0 Å². The van der Waals surface area contributed by atoms with Crippen LogP contribution in [-0.4, -0.2) is 4.57 Å². The fraction of sp³-hybridized carbons (Fsp3) is 0.0909. The second-order valence-electron chi connectivity index (χ2n) is 6.21. The van der Waals surface area contributed by atoms with E-state index in [0.717, 1.165) is 44.1 Å². The van der Waals surface area contributed by atoms with Crippen molar-refractivity contribution in [1.82, 2.24) is 4.57 Å². The smallest absolute Gasteiger partial charge is 0.155 e. The van der Waals surface area contributed by atoms with E-state index in [1.807, 2.05) is 48.5 Å². The van der Waals surface area contributed by atoms with Crippen molar-refractivity contribution in [2.75, 3.05) is 0 Å². The molecule has 0 spiro atoms. The van der Waals surface area contributed by atoms with Crippen molar-refractivity contribution in [2.45, 2.75) is 13.5 Å². The zero-order valence-corrected chi connectivity index (χ0v) is 16.6. The summed E-state index contributed by atoms with van der Waals surface area (Å²) >= 11 is 9.78. The van der Waals surface area contributed by atoms with E-state index in [1.54, 1.807) is 0 Å². The maximum absolute atomic E-state index is 6.28. The topological polar surface area (TPSA) is 14.2 Å². The van der Waals surface area contributed by atoms with Gasteiger partial charge in [0.2, 0.25) is 0 Å². The number of rotatable bonds is 4. The van der Waals surface area contributed by atoms with Crippen LogP contribution >= 0.6 is 27.5 Å². The lowest BCUT2D eigenvalue weighted by molar-refractivity contribution is 0.480. The van der Waals surface area contributed by atoms with Gasteiger partial charge in [-0.25, -0.2) is 0 Å². The molecule has 4 heteroatoms. The third kappa shape index (κ3) is 3.37. The molecule has 4 rings (SSSR count). The number of fused-ring (bicyclic) bond motifs is 1. The average Bonchev–Trinajstić information content (AvgIpc) is 2.88. The maximum Gasteiger partial charge on any atom is 0.155 e. The van der Waals surface area contributed by atoms with E-state index in [-0.39, 0.29) is 0 Å². The fourth-order valence-corrected chi connectivity index (χ4v) is 3.71. The van der Waals surface area contributed by atoms with Gasteiger partial charge in [0.05, 0.1) is 11.2 Å². The largest absolute Gasteiger partial charge is 0.455 e. The molecule has 0 N–H and O–H groups in total. The highest BCUT2D eigenvalue weighted by atomic mass is 79.9. The third-order valence-electron chi connectivity index (χ3n) is 4.43. The summed E-state index contributed by atoms with van der Waals surface area (Å²) in [4.78, 5) is 0. The van der Waals surface area contributed by atoms with Crippen LogP contribution in [0.15, 0.2) is 77.3 Å². The minimum atomic E-state index is 0.721. The predicted octanol–water partition coefficient (Wildman–Crippen LogP) is 7.21. The van der Waals surface area contributed by atoms with E-state index in [1.165, 1.54) is 5.56 Å². The Morgan fingerprint density at radius 3 is 2.54 bits per heavy atom. The first-order valence-electron chi connectivity index (χ1n) is 8.37. The summed E-state index contributed by atoms with van der Waals surface area (Å²) in [5.74, 6) is 1.67. The summed E-state index contributed by atoms with van der Waals surface area (Å²) in [7, 11) is 0. The van der Waals surface area contributed by atoms with Gasteiger partial charge < -0.3 is 9.30 Å². The first-order chi connectivity index (χ1) is 12.6.